The second-order valence-corrected chi connectivity index (χ2v) is 8.12. The van der Waals surface area contributed by atoms with Gasteiger partial charge in [-0.15, -0.1) is 0 Å². The molecule has 2 heterocycles. The number of carbonyl (C=O) groups excluding carboxylic acids is 2. The number of rotatable bonds is 4. The van der Waals surface area contributed by atoms with Crippen molar-refractivity contribution in [3.8, 4) is 23.6 Å². The summed E-state index contributed by atoms with van der Waals surface area (Å²) < 4.78 is 11.2. The van der Waals surface area contributed by atoms with Gasteiger partial charge in [0.2, 0.25) is 11.8 Å². The number of ether oxygens (including phenoxy) is 2. The minimum Gasteiger partial charge on any atom is -0.490 e. The Morgan fingerprint density at radius 2 is 2.03 bits per heavy atom. The molecule has 2 amide bonds. The normalized spacial score (nSPS) is 20.0. The fourth-order valence-electron chi connectivity index (χ4n) is 3.11. The summed E-state index contributed by atoms with van der Waals surface area (Å²) >= 11 is 1.06. The summed E-state index contributed by atoms with van der Waals surface area (Å²) in [6.07, 6.45) is 0.790. The Bertz CT molecular complexity index is 958. The molecule has 0 aromatic heterocycles. The number of hydrogen-bond acceptors (Lipinski definition) is 7. The number of nitriles is 2. The third-order valence-corrected chi connectivity index (χ3v) is 5.71. The fraction of sp³-hybridized carbons (Fsp3) is 0.400. The first kappa shape index (κ1) is 20.6. The molecule has 0 fully saturated rings. The van der Waals surface area contributed by atoms with E-state index in [9.17, 15) is 20.1 Å². The first-order valence-corrected chi connectivity index (χ1v) is 10.0. The van der Waals surface area contributed by atoms with E-state index in [2.05, 4.69) is 16.7 Å². The van der Waals surface area contributed by atoms with Gasteiger partial charge in [-0.1, -0.05) is 25.6 Å². The highest BCUT2D eigenvalue weighted by Crippen LogP contribution is 2.41. The minimum atomic E-state index is -0.961. The lowest BCUT2D eigenvalue weighted by molar-refractivity contribution is -0.125. The Morgan fingerprint density at radius 3 is 2.72 bits per heavy atom. The number of amides is 2. The lowest BCUT2D eigenvalue weighted by atomic mass is 9.72. The summed E-state index contributed by atoms with van der Waals surface area (Å²) in [4.78, 5) is 24.6. The molecule has 0 radical (unpaired) electrons. The van der Waals surface area contributed by atoms with Crippen molar-refractivity contribution in [2.45, 2.75) is 20.3 Å². The van der Waals surface area contributed by atoms with E-state index in [1.807, 2.05) is 6.07 Å². The molecule has 1 atom stereocenters. The van der Waals surface area contributed by atoms with Crippen molar-refractivity contribution in [3.63, 3.8) is 0 Å². The second kappa shape index (κ2) is 8.46. The number of anilines is 1. The molecular formula is C20H20N4O4S. The van der Waals surface area contributed by atoms with Gasteiger partial charge >= 0.3 is 0 Å². The van der Waals surface area contributed by atoms with Gasteiger partial charge in [0.25, 0.3) is 0 Å². The van der Waals surface area contributed by atoms with Crippen LogP contribution in [0.3, 0.4) is 0 Å². The van der Waals surface area contributed by atoms with Gasteiger partial charge in [-0.05, 0) is 12.1 Å². The van der Waals surface area contributed by atoms with Crippen molar-refractivity contribution in [3.05, 3.63) is 28.8 Å². The molecule has 1 aromatic rings. The Morgan fingerprint density at radius 1 is 1.31 bits per heavy atom. The van der Waals surface area contributed by atoms with Crippen LogP contribution >= 0.6 is 11.8 Å². The van der Waals surface area contributed by atoms with Gasteiger partial charge in [0.1, 0.15) is 5.92 Å². The van der Waals surface area contributed by atoms with Crippen LogP contribution in [-0.2, 0) is 9.59 Å². The highest BCUT2D eigenvalue weighted by atomic mass is 32.2. The number of thioether (sulfide) groups is 1. The smallest absolute Gasteiger partial charge is 0.243 e. The molecule has 2 aliphatic heterocycles. The molecule has 29 heavy (non-hydrogen) atoms. The quantitative estimate of drug-likeness (QED) is 0.779. The zero-order valence-electron chi connectivity index (χ0n) is 16.1. The van der Waals surface area contributed by atoms with Crippen molar-refractivity contribution in [2.75, 3.05) is 24.3 Å². The van der Waals surface area contributed by atoms with Gasteiger partial charge in [-0.3, -0.25) is 9.59 Å². The SMILES string of the molecule is CC1(C)C(C#N)=C(SCC(=O)Nc2ccc3c(c2)OCCCO3)NC(=O)[C@H]1C#N. The molecule has 0 bridgehead atoms. The summed E-state index contributed by atoms with van der Waals surface area (Å²) in [6, 6.07) is 9.18. The van der Waals surface area contributed by atoms with E-state index in [-0.39, 0.29) is 17.2 Å². The van der Waals surface area contributed by atoms with E-state index in [4.69, 9.17) is 9.47 Å². The lowest BCUT2D eigenvalue weighted by Gasteiger charge is -2.34. The van der Waals surface area contributed by atoms with Gasteiger partial charge in [-0.2, -0.15) is 10.5 Å². The number of benzene rings is 1. The van der Waals surface area contributed by atoms with Crippen molar-refractivity contribution >= 4 is 29.3 Å². The first-order valence-electron chi connectivity index (χ1n) is 9.04. The molecule has 0 unspecified atom stereocenters. The van der Waals surface area contributed by atoms with E-state index >= 15 is 0 Å². The van der Waals surface area contributed by atoms with Crippen LogP contribution in [0.5, 0.6) is 11.5 Å². The van der Waals surface area contributed by atoms with Crippen LogP contribution in [0, 0.1) is 34.0 Å². The minimum absolute atomic E-state index is 0.0114. The van der Waals surface area contributed by atoms with Crippen molar-refractivity contribution in [2.24, 2.45) is 11.3 Å². The van der Waals surface area contributed by atoms with E-state index in [1.165, 1.54) is 0 Å². The third-order valence-electron chi connectivity index (χ3n) is 4.71. The molecule has 2 N–H and O–H groups in total. The summed E-state index contributed by atoms with van der Waals surface area (Å²) in [5.74, 6) is -0.532. The maximum absolute atomic E-state index is 12.4. The number of fused-ring (bicyclic) bond motifs is 1. The van der Waals surface area contributed by atoms with Gasteiger partial charge < -0.3 is 20.1 Å². The summed E-state index contributed by atoms with van der Waals surface area (Å²) in [7, 11) is 0. The van der Waals surface area contributed by atoms with Crippen LogP contribution in [0.4, 0.5) is 5.69 Å². The molecule has 9 heteroatoms. The van der Waals surface area contributed by atoms with Gasteiger partial charge in [0.05, 0.1) is 41.7 Å². The summed E-state index contributed by atoms with van der Waals surface area (Å²) in [6.45, 7) is 4.48. The monoisotopic (exact) mass is 412 g/mol. The average molecular weight is 412 g/mol. The molecule has 0 spiro atoms. The Balaban J connectivity index is 1.68. The van der Waals surface area contributed by atoms with Crippen molar-refractivity contribution in [1.29, 1.82) is 10.5 Å². The molecule has 3 rings (SSSR count). The largest absolute Gasteiger partial charge is 0.490 e. The number of allylic oxidation sites excluding steroid dienone is 1. The van der Waals surface area contributed by atoms with Crippen LogP contribution in [0.1, 0.15) is 20.3 Å². The van der Waals surface area contributed by atoms with E-state index in [0.717, 1.165) is 18.2 Å². The Hall–Kier alpha value is -3.17. The number of nitrogens with one attached hydrogen (secondary N) is 2. The molecule has 0 saturated carbocycles. The molecule has 0 saturated heterocycles. The number of hydrogen-bond donors (Lipinski definition) is 2. The van der Waals surface area contributed by atoms with Crippen LogP contribution in [-0.4, -0.2) is 30.8 Å². The van der Waals surface area contributed by atoms with Gasteiger partial charge in [0.15, 0.2) is 11.5 Å². The lowest BCUT2D eigenvalue weighted by Crippen LogP contribution is -2.44. The van der Waals surface area contributed by atoms with E-state index in [0.29, 0.717) is 35.4 Å². The van der Waals surface area contributed by atoms with E-state index in [1.54, 1.807) is 32.0 Å². The van der Waals surface area contributed by atoms with Gasteiger partial charge in [0, 0.05) is 23.6 Å². The third kappa shape index (κ3) is 4.30. The van der Waals surface area contributed by atoms with Crippen molar-refractivity contribution < 1.29 is 19.1 Å². The van der Waals surface area contributed by atoms with Crippen LogP contribution in [0.25, 0.3) is 0 Å². The highest BCUT2D eigenvalue weighted by Gasteiger charge is 2.44. The molecular weight excluding hydrogens is 392 g/mol. The predicted octanol–water partition coefficient (Wildman–Crippen LogP) is 2.55. The predicted molar refractivity (Wildman–Crippen MR) is 107 cm³/mol. The van der Waals surface area contributed by atoms with Gasteiger partial charge in [-0.25, -0.2) is 0 Å². The Labute approximate surface area is 172 Å². The van der Waals surface area contributed by atoms with Crippen molar-refractivity contribution in [1.82, 2.24) is 5.32 Å². The highest BCUT2D eigenvalue weighted by molar-refractivity contribution is 8.03. The first-order chi connectivity index (χ1) is 13.9. The maximum atomic E-state index is 12.4. The molecule has 0 aliphatic carbocycles. The number of nitrogens with zero attached hydrogens (tertiary/aromatic N) is 2. The Kier molecular flexibility index (Phi) is 6.00. The second-order valence-electron chi connectivity index (χ2n) is 7.14. The van der Waals surface area contributed by atoms with Crippen LogP contribution < -0.4 is 20.1 Å². The topological polar surface area (TPSA) is 124 Å². The molecule has 1 aromatic carbocycles. The molecule has 8 nitrogen and oxygen atoms in total. The van der Waals surface area contributed by atoms with E-state index < -0.39 is 17.2 Å². The molecule has 150 valence electrons. The van der Waals surface area contributed by atoms with Crippen LogP contribution in [0.2, 0.25) is 0 Å². The standard InChI is InChI=1S/C20H20N4O4S/c1-20(2)13(9-21)18(26)24-19(14(20)10-22)29-11-17(25)23-12-4-5-15-16(8-12)28-7-3-6-27-15/h4-5,8,13H,3,6-7,11H2,1-2H3,(H,23,25)(H,24,26)/t13-/m1/s1. The zero-order valence-corrected chi connectivity index (χ0v) is 16.9. The summed E-state index contributed by atoms with van der Waals surface area (Å²) in [5.41, 5.74) is -0.0807. The molecule has 2 aliphatic rings. The van der Waals surface area contributed by atoms with Crippen LogP contribution in [0.15, 0.2) is 28.8 Å². The fourth-order valence-corrected chi connectivity index (χ4v) is 4.08. The zero-order chi connectivity index (χ0) is 21.0. The average Bonchev–Trinajstić information content (AvgIpc) is 2.91. The number of carbonyl (C=O) groups is 2. The maximum Gasteiger partial charge on any atom is 0.243 e. The summed E-state index contributed by atoms with van der Waals surface area (Å²) in [5, 5.41) is 24.4.